The van der Waals surface area contributed by atoms with Crippen LogP contribution in [0.2, 0.25) is 0 Å². The van der Waals surface area contributed by atoms with Crippen LogP contribution in [0.3, 0.4) is 0 Å². The monoisotopic (exact) mass is 1270 g/mol. The summed E-state index contributed by atoms with van der Waals surface area (Å²) in [5.74, 6) is -0.536. The first-order valence-corrected chi connectivity index (χ1v) is 40.1. The molecule has 3 atom stereocenters. The van der Waals surface area contributed by atoms with Crippen molar-refractivity contribution in [3.63, 3.8) is 0 Å². The molecule has 0 rings (SSSR count). The highest BCUT2D eigenvalue weighted by molar-refractivity contribution is 7.45. The smallest absolute Gasteiger partial charge is 0.306 e. The number of nitrogens with zero attached hydrogens (tertiary/aromatic N) is 1. The van der Waals surface area contributed by atoms with Gasteiger partial charge in [-0.15, -0.1) is 0 Å². The molecule has 0 aromatic carbocycles. The van der Waals surface area contributed by atoms with Crippen molar-refractivity contribution in [1.82, 2.24) is 5.32 Å². The lowest BCUT2D eigenvalue weighted by Gasteiger charge is -2.30. The summed E-state index contributed by atoms with van der Waals surface area (Å²) < 4.78 is 30.5. The molecule has 1 N–H and O–H groups in total. The van der Waals surface area contributed by atoms with Gasteiger partial charge in [0.25, 0.3) is 7.82 Å². The van der Waals surface area contributed by atoms with Gasteiger partial charge in [-0.25, -0.2) is 0 Å². The van der Waals surface area contributed by atoms with Gasteiger partial charge in [0.05, 0.1) is 33.8 Å². The number of carbonyl (C=O) groups is 2. The van der Waals surface area contributed by atoms with Gasteiger partial charge in [-0.1, -0.05) is 352 Å². The highest BCUT2D eigenvalue weighted by atomic mass is 31.2. The predicted molar refractivity (Wildman–Crippen MR) is 385 cm³/mol. The third-order valence-electron chi connectivity index (χ3n) is 17.5. The zero-order valence-corrected chi connectivity index (χ0v) is 60.8. The fraction of sp³-hybridized carbons (Fsp3) is 0.848. The molecule has 0 radical (unpaired) electrons. The average molecular weight is 1270 g/mol. The van der Waals surface area contributed by atoms with Crippen molar-refractivity contribution in [2.45, 2.75) is 392 Å². The highest BCUT2D eigenvalue weighted by Crippen LogP contribution is 2.38. The topological polar surface area (TPSA) is 114 Å². The van der Waals surface area contributed by atoms with Crippen molar-refractivity contribution < 1.29 is 37.3 Å². The number of hydrogen-bond acceptors (Lipinski definition) is 7. The van der Waals surface area contributed by atoms with Crippen LogP contribution in [-0.4, -0.2) is 69.4 Å². The molecule has 9 nitrogen and oxygen atoms in total. The van der Waals surface area contributed by atoms with E-state index < -0.39 is 20.0 Å². The van der Waals surface area contributed by atoms with Gasteiger partial charge in [0, 0.05) is 12.8 Å². The number of phosphoric ester groups is 1. The average Bonchev–Trinajstić information content (AvgIpc) is 3.57. The van der Waals surface area contributed by atoms with Crippen LogP contribution in [0.25, 0.3) is 0 Å². The Morgan fingerprint density at radius 3 is 1.04 bits per heavy atom. The minimum atomic E-state index is -4.71. The van der Waals surface area contributed by atoms with E-state index in [1.54, 1.807) is 0 Å². The number of hydrogen-bond donors (Lipinski definition) is 1. The van der Waals surface area contributed by atoms with E-state index in [9.17, 15) is 19.0 Å². The molecule has 522 valence electrons. The van der Waals surface area contributed by atoms with Gasteiger partial charge in [-0.2, -0.15) is 0 Å². The number of quaternary nitrogens is 1. The number of unbranched alkanes of at least 4 members (excludes halogenated alkanes) is 47. The number of likely N-dealkylation sites (N-methyl/N-ethyl adjacent to an activating group) is 1. The van der Waals surface area contributed by atoms with Gasteiger partial charge in [-0.05, 0) is 76.7 Å². The number of carbonyl (C=O) groups excluding carboxylic acids is 2. The molecular formula is C79H149N2O7P. The molecule has 3 unspecified atom stereocenters. The largest absolute Gasteiger partial charge is 0.756 e. The van der Waals surface area contributed by atoms with E-state index in [-0.39, 0.29) is 31.5 Å². The molecule has 0 aliphatic heterocycles. The van der Waals surface area contributed by atoms with Crippen molar-refractivity contribution in [3.05, 3.63) is 60.8 Å². The fourth-order valence-electron chi connectivity index (χ4n) is 11.5. The van der Waals surface area contributed by atoms with Crippen LogP contribution in [0.1, 0.15) is 380 Å². The molecule has 0 fully saturated rings. The summed E-state index contributed by atoms with van der Waals surface area (Å²) in [6.45, 7) is 6.87. The Hall–Kier alpha value is -2.29. The van der Waals surface area contributed by atoms with Gasteiger partial charge >= 0.3 is 5.97 Å². The van der Waals surface area contributed by atoms with Gasteiger partial charge in [0.2, 0.25) is 5.91 Å². The minimum absolute atomic E-state index is 0.0235. The third kappa shape index (κ3) is 69.9. The molecule has 89 heavy (non-hydrogen) atoms. The van der Waals surface area contributed by atoms with Crippen LogP contribution < -0.4 is 10.2 Å². The van der Waals surface area contributed by atoms with Gasteiger partial charge in [-0.3, -0.25) is 14.2 Å². The molecule has 0 aromatic rings. The van der Waals surface area contributed by atoms with E-state index in [2.05, 4.69) is 74.7 Å². The molecule has 0 bridgehead atoms. The molecule has 0 aliphatic rings. The lowest BCUT2D eigenvalue weighted by molar-refractivity contribution is -0.870. The maximum Gasteiger partial charge on any atom is 0.306 e. The second-order valence-corrected chi connectivity index (χ2v) is 28.9. The minimum Gasteiger partial charge on any atom is -0.756 e. The summed E-state index contributed by atoms with van der Waals surface area (Å²) in [6.07, 6.45) is 89.3. The first-order chi connectivity index (χ1) is 43.4. The number of esters is 1. The zero-order valence-electron chi connectivity index (χ0n) is 59.9. The molecule has 10 heteroatoms. The Morgan fingerprint density at radius 1 is 0.393 bits per heavy atom. The number of ether oxygens (including phenoxy) is 1. The standard InChI is InChI=1S/C79H149N2O7P/c1-7-10-13-16-19-22-25-28-30-32-34-36-38-39-40-41-43-44-46-48-50-53-56-59-62-65-68-71-78(82)80-76(75-87-89(84,85)86-74-73-81(4,5)6)77(70-67-64-61-58-55-52-27-24-21-18-15-12-9-3)88-79(83)72-69-66-63-60-57-54-51-49-47-45-42-37-35-33-31-29-26-23-20-17-14-11-8-2/h20,23,29,31,35,37,45,47,67,70,76-77H,7-19,21-22,24-28,30,32-34,36,38-44,46,48-66,68-69,71-75H2,1-6H3,(H-,80,82,84,85)/b23-20-,31-29-,37-35-,47-45-,70-67+. The fourth-order valence-corrected chi connectivity index (χ4v) is 12.2. The molecule has 0 saturated carbocycles. The summed E-state index contributed by atoms with van der Waals surface area (Å²) in [4.78, 5) is 40.3. The quantitative estimate of drug-likeness (QED) is 0.0212. The van der Waals surface area contributed by atoms with E-state index in [1.807, 2.05) is 33.3 Å². The van der Waals surface area contributed by atoms with Crippen molar-refractivity contribution in [1.29, 1.82) is 0 Å². The van der Waals surface area contributed by atoms with Gasteiger partial charge in [0.1, 0.15) is 19.3 Å². The molecular weight excluding hydrogens is 1120 g/mol. The van der Waals surface area contributed by atoms with Gasteiger partial charge < -0.3 is 28.5 Å². The molecule has 0 heterocycles. The van der Waals surface area contributed by atoms with E-state index in [1.165, 1.54) is 257 Å². The highest BCUT2D eigenvalue weighted by Gasteiger charge is 2.27. The van der Waals surface area contributed by atoms with Crippen LogP contribution in [0, 0.1) is 0 Å². The number of phosphoric acid groups is 1. The number of amides is 1. The SMILES string of the molecule is CCCCC/C=C\C/C=C\C/C=C\C/C=C\CCCCCCCCCC(=O)OC(/C=C/CCCCCCCCCCCCC)C(COP(=O)([O-])OCC[N+](C)(C)C)NC(=O)CCCCCCCCCCCCCCCCCCCCCCCCCCCCC. The second-order valence-electron chi connectivity index (χ2n) is 27.5. The summed E-state index contributed by atoms with van der Waals surface area (Å²) in [6, 6.07) is -0.894. The van der Waals surface area contributed by atoms with E-state index in [0.717, 1.165) is 89.9 Å². The van der Waals surface area contributed by atoms with E-state index >= 15 is 0 Å². The molecule has 0 saturated heterocycles. The predicted octanol–water partition coefficient (Wildman–Crippen LogP) is 24.3. The summed E-state index contributed by atoms with van der Waals surface area (Å²) in [5, 5.41) is 3.05. The molecule has 1 amide bonds. The Bertz CT molecular complexity index is 1700. The van der Waals surface area contributed by atoms with Crippen molar-refractivity contribution >= 4 is 19.7 Å². The number of nitrogens with one attached hydrogen (secondary N) is 1. The maximum absolute atomic E-state index is 13.6. The lowest BCUT2D eigenvalue weighted by atomic mass is 10.0. The number of rotatable bonds is 71. The lowest BCUT2D eigenvalue weighted by Crippen LogP contribution is -2.47. The van der Waals surface area contributed by atoms with Gasteiger partial charge in [0.15, 0.2) is 0 Å². The first-order valence-electron chi connectivity index (χ1n) is 38.6. The Labute approximate surface area is 553 Å². The zero-order chi connectivity index (χ0) is 64.9. The number of allylic oxidation sites excluding steroid dienone is 9. The Morgan fingerprint density at radius 2 is 0.685 bits per heavy atom. The van der Waals surface area contributed by atoms with E-state index in [0.29, 0.717) is 17.4 Å². The van der Waals surface area contributed by atoms with Crippen molar-refractivity contribution in [2.24, 2.45) is 0 Å². The normalized spacial score (nSPS) is 13.7. The maximum atomic E-state index is 13.6. The van der Waals surface area contributed by atoms with Crippen LogP contribution in [-0.2, 0) is 27.9 Å². The first kappa shape index (κ1) is 86.7. The van der Waals surface area contributed by atoms with Crippen LogP contribution in [0.15, 0.2) is 60.8 Å². The van der Waals surface area contributed by atoms with Crippen LogP contribution >= 0.6 is 7.82 Å². The summed E-state index contributed by atoms with van der Waals surface area (Å²) in [5.41, 5.74) is 0. The summed E-state index contributed by atoms with van der Waals surface area (Å²) in [7, 11) is 1.19. The third-order valence-corrected chi connectivity index (χ3v) is 18.4. The van der Waals surface area contributed by atoms with Crippen LogP contribution in [0.5, 0.6) is 0 Å². The molecule has 0 aliphatic carbocycles. The molecule has 0 spiro atoms. The van der Waals surface area contributed by atoms with Crippen LogP contribution in [0.4, 0.5) is 0 Å². The Balaban J connectivity index is 5.00. The van der Waals surface area contributed by atoms with E-state index in [4.69, 9.17) is 13.8 Å². The summed E-state index contributed by atoms with van der Waals surface area (Å²) >= 11 is 0. The second kappa shape index (κ2) is 68.6. The van der Waals surface area contributed by atoms with Crippen molar-refractivity contribution in [3.8, 4) is 0 Å². The Kier molecular flexibility index (Phi) is 66.8. The molecule has 0 aromatic heterocycles. The van der Waals surface area contributed by atoms with Crippen molar-refractivity contribution in [2.75, 3.05) is 40.9 Å².